The maximum atomic E-state index is 13.6. The molecule has 0 aliphatic carbocycles. The lowest BCUT2D eigenvalue weighted by atomic mass is 10.1. The second-order valence-corrected chi connectivity index (χ2v) is 11.1. The number of furan rings is 1. The third-order valence-corrected chi connectivity index (χ3v) is 7.80. The number of likely N-dealkylation sites (tertiary alicyclic amines) is 1. The van der Waals surface area contributed by atoms with E-state index >= 15 is 0 Å². The summed E-state index contributed by atoms with van der Waals surface area (Å²) in [5.74, 6) is 0.432. The van der Waals surface area contributed by atoms with E-state index in [4.69, 9.17) is 4.42 Å². The van der Waals surface area contributed by atoms with Crippen LogP contribution in [0.15, 0.2) is 70.2 Å². The first-order chi connectivity index (χ1) is 18.3. The zero-order chi connectivity index (χ0) is 27.1. The van der Waals surface area contributed by atoms with Gasteiger partial charge in [0.25, 0.3) is 15.9 Å². The number of sulfonamides is 1. The first-order valence-electron chi connectivity index (χ1n) is 12.9. The van der Waals surface area contributed by atoms with Crippen LogP contribution in [-0.2, 0) is 21.4 Å². The molecule has 9 nitrogen and oxygen atoms in total. The molecular weight excluding hydrogens is 504 g/mol. The first kappa shape index (κ1) is 27.3. The minimum absolute atomic E-state index is 0.0467. The standard InChI is InChI=1S/C28H34N4O5S/c1-3-4-15-32(20-24-8-7-18-37-24)27-14-11-23(19-26(27)28(34)31-16-5-6-17-31)30-38(35,36)25-12-9-22(10-13-25)29-21(2)33/h7-14,18-19,30H,3-6,15-17,20H2,1-2H3,(H,29,33). The number of nitrogens with one attached hydrogen (secondary N) is 2. The van der Waals surface area contributed by atoms with E-state index < -0.39 is 10.0 Å². The largest absolute Gasteiger partial charge is 0.467 e. The van der Waals surface area contributed by atoms with Gasteiger partial charge in [-0.1, -0.05) is 13.3 Å². The van der Waals surface area contributed by atoms with Crippen LogP contribution in [0.4, 0.5) is 17.1 Å². The predicted octanol–water partition coefficient (Wildman–Crippen LogP) is 5.08. The van der Waals surface area contributed by atoms with Crippen LogP contribution in [0, 0.1) is 0 Å². The summed E-state index contributed by atoms with van der Waals surface area (Å²) in [6, 6.07) is 14.8. The van der Waals surface area contributed by atoms with Gasteiger partial charge in [-0.05, 0) is 73.9 Å². The van der Waals surface area contributed by atoms with Crippen molar-refractivity contribution in [3.8, 4) is 0 Å². The second-order valence-electron chi connectivity index (χ2n) is 9.40. The minimum Gasteiger partial charge on any atom is -0.467 e. The topological polar surface area (TPSA) is 112 Å². The third kappa shape index (κ3) is 6.74. The fourth-order valence-corrected chi connectivity index (χ4v) is 5.55. The Morgan fingerprint density at radius 1 is 1.03 bits per heavy atom. The number of hydrogen-bond acceptors (Lipinski definition) is 6. The van der Waals surface area contributed by atoms with E-state index in [0.717, 1.165) is 43.7 Å². The maximum absolute atomic E-state index is 13.6. The van der Waals surface area contributed by atoms with Crippen molar-refractivity contribution in [2.24, 2.45) is 0 Å². The zero-order valence-electron chi connectivity index (χ0n) is 21.8. The summed E-state index contributed by atoms with van der Waals surface area (Å²) in [5.41, 5.74) is 2.00. The molecule has 0 atom stereocenters. The summed E-state index contributed by atoms with van der Waals surface area (Å²) in [6.07, 6.45) is 5.45. The zero-order valence-corrected chi connectivity index (χ0v) is 22.6. The Balaban J connectivity index is 1.66. The minimum atomic E-state index is -3.92. The molecule has 202 valence electrons. The number of hydrogen-bond donors (Lipinski definition) is 2. The van der Waals surface area contributed by atoms with Crippen LogP contribution in [0.25, 0.3) is 0 Å². The van der Waals surface area contributed by atoms with E-state index in [2.05, 4.69) is 21.9 Å². The highest BCUT2D eigenvalue weighted by Gasteiger charge is 2.26. The second kappa shape index (κ2) is 12.2. The van der Waals surface area contributed by atoms with Crippen molar-refractivity contribution in [2.45, 2.75) is 51.0 Å². The van der Waals surface area contributed by atoms with Crippen molar-refractivity contribution in [3.05, 3.63) is 72.2 Å². The van der Waals surface area contributed by atoms with Crippen molar-refractivity contribution in [1.29, 1.82) is 0 Å². The van der Waals surface area contributed by atoms with Crippen molar-refractivity contribution < 1.29 is 22.4 Å². The van der Waals surface area contributed by atoms with Crippen molar-refractivity contribution in [2.75, 3.05) is 34.6 Å². The molecule has 38 heavy (non-hydrogen) atoms. The predicted molar refractivity (Wildman–Crippen MR) is 148 cm³/mol. The van der Waals surface area contributed by atoms with E-state index in [-0.39, 0.29) is 16.7 Å². The fourth-order valence-electron chi connectivity index (χ4n) is 4.50. The van der Waals surface area contributed by atoms with E-state index in [1.54, 1.807) is 24.5 Å². The van der Waals surface area contributed by atoms with Gasteiger partial charge in [-0.15, -0.1) is 0 Å². The molecule has 1 aliphatic rings. The average molecular weight is 539 g/mol. The number of carbonyl (C=O) groups is 2. The Hall–Kier alpha value is -3.79. The van der Waals surface area contributed by atoms with Gasteiger partial charge in [-0.3, -0.25) is 14.3 Å². The molecule has 1 saturated heterocycles. The van der Waals surface area contributed by atoms with Gasteiger partial charge >= 0.3 is 0 Å². The number of amides is 2. The van der Waals surface area contributed by atoms with E-state index in [1.165, 1.54) is 31.2 Å². The van der Waals surface area contributed by atoms with Gasteiger partial charge in [0.1, 0.15) is 5.76 Å². The highest BCUT2D eigenvalue weighted by atomic mass is 32.2. The van der Waals surface area contributed by atoms with Crippen LogP contribution in [0.5, 0.6) is 0 Å². The van der Waals surface area contributed by atoms with Gasteiger partial charge in [0.15, 0.2) is 0 Å². The Morgan fingerprint density at radius 3 is 2.37 bits per heavy atom. The lowest BCUT2D eigenvalue weighted by Crippen LogP contribution is -2.31. The van der Waals surface area contributed by atoms with Crippen LogP contribution in [0.3, 0.4) is 0 Å². The highest BCUT2D eigenvalue weighted by Crippen LogP contribution is 2.30. The van der Waals surface area contributed by atoms with Gasteiger partial charge in [-0.2, -0.15) is 0 Å². The molecule has 0 radical (unpaired) electrons. The van der Waals surface area contributed by atoms with Crippen LogP contribution < -0.4 is 14.9 Å². The lowest BCUT2D eigenvalue weighted by molar-refractivity contribution is -0.114. The Kier molecular flexibility index (Phi) is 8.73. The molecule has 0 saturated carbocycles. The molecule has 2 aromatic carbocycles. The van der Waals surface area contributed by atoms with Gasteiger partial charge in [0, 0.05) is 37.9 Å². The summed E-state index contributed by atoms with van der Waals surface area (Å²) < 4.78 is 34.4. The van der Waals surface area contributed by atoms with Crippen LogP contribution in [-0.4, -0.2) is 44.8 Å². The number of unbranched alkanes of at least 4 members (excludes halogenated alkanes) is 1. The number of carbonyl (C=O) groups excluding carboxylic acids is 2. The van der Waals surface area contributed by atoms with Crippen LogP contribution >= 0.6 is 0 Å². The number of rotatable bonds is 11. The number of benzene rings is 2. The van der Waals surface area contributed by atoms with Crippen LogP contribution in [0.2, 0.25) is 0 Å². The molecule has 1 aliphatic heterocycles. The summed E-state index contributed by atoms with van der Waals surface area (Å²) >= 11 is 0. The number of nitrogens with zero attached hydrogens (tertiary/aromatic N) is 2. The normalized spacial score (nSPS) is 13.4. The molecule has 10 heteroatoms. The number of anilines is 3. The highest BCUT2D eigenvalue weighted by molar-refractivity contribution is 7.92. The van der Waals surface area contributed by atoms with Crippen molar-refractivity contribution >= 4 is 38.9 Å². The van der Waals surface area contributed by atoms with Crippen molar-refractivity contribution in [3.63, 3.8) is 0 Å². The van der Waals surface area contributed by atoms with Gasteiger partial charge in [0.05, 0.1) is 29.0 Å². The molecular formula is C28H34N4O5S. The Bertz CT molecular complexity index is 1350. The van der Waals surface area contributed by atoms with Gasteiger partial charge in [-0.25, -0.2) is 8.42 Å². The van der Waals surface area contributed by atoms with Crippen molar-refractivity contribution in [1.82, 2.24) is 4.90 Å². The molecule has 2 amide bonds. The summed E-state index contributed by atoms with van der Waals surface area (Å²) in [6.45, 7) is 6.09. The summed E-state index contributed by atoms with van der Waals surface area (Å²) in [4.78, 5) is 28.9. The molecule has 0 spiro atoms. The van der Waals surface area contributed by atoms with Crippen LogP contribution in [0.1, 0.15) is 55.6 Å². The molecule has 0 unspecified atom stereocenters. The molecule has 2 heterocycles. The molecule has 1 aromatic heterocycles. The molecule has 2 N–H and O–H groups in total. The maximum Gasteiger partial charge on any atom is 0.261 e. The van der Waals surface area contributed by atoms with Gasteiger partial charge in [0.2, 0.25) is 5.91 Å². The average Bonchev–Trinajstić information content (AvgIpc) is 3.61. The Morgan fingerprint density at radius 2 is 1.74 bits per heavy atom. The quantitative estimate of drug-likeness (QED) is 0.352. The molecule has 4 rings (SSSR count). The monoisotopic (exact) mass is 538 g/mol. The van der Waals surface area contributed by atoms with E-state index in [0.29, 0.717) is 36.6 Å². The summed E-state index contributed by atoms with van der Waals surface area (Å²) in [7, 11) is -3.92. The first-order valence-corrected chi connectivity index (χ1v) is 14.4. The molecule has 0 bridgehead atoms. The smallest absolute Gasteiger partial charge is 0.261 e. The van der Waals surface area contributed by atoms with E-state index in [9.17, 15) is 18.0 Å². The SMILES string of the molecule is CCCCN(Cc1ccco1)c1ccc(NS(=O)(=O)c2ccc(NC(C)=O)cc2)cc1C(=O)N1CCCC1. The van der Waals surface area contributed by atoms with Gasteiger partial charge < -0.3 is 19.5 Å². The Labute approximate surface area is 223 Å². The fraction of sp³-hybridized carbons (Fsp3) is 0.357. The third-order valence-electron chi connectivity index (χ3n) is 6.41. The molecule has 3 aromatic rings. The molecule has 1 fully saturated rings. The van der Waals surface area contributed by atoms with E-state index in [1.807, 2.05) is 17.0 Å². The lowest BCUT2D eigenvalue weighted by Gasteiger charge is -2.28. The summed E-state index contributed by atoms with van der Waals surface area (Å²) in [5, 5.41) is 2.62.